The van der Waals surface area contributed by atoms with E-state index in [1.807, 2.05) is 6.08 Å². The van der Waals surface area contributed by atoms with Gasteiger partial charge in [0.1, 0.15) is 0 Å². The summed E-state index contributed by atoms with van der Waals surface area (Å²) in [6.07, 6.45) is 58.8. The van der Waals surface area contributed by atoms with Crippen LogP contribution in [0.2, 0.25) is 0 Å². The summed E-state index contributed by atoms with van der Waals surface area (Å²) >= 11 is 0. The fourth-order valence-corrected chi connectivity index (χ4v) is 7.49. The zero-order valence-corrected chi connectivity index (χ0v) is 36.1. The Balaban J connectivity index is 3.54. The zero-order chi connectivity index (χ0) is 38.6. The first-order valence-corrected chi connectivity index (χ1v) is 24.1. The number of carbonyl (C=O) groups is 1. The lowest BCUT2D eigenvalue weighted by atomic mass is 10.0. The maximum atomic E-state index is 12.4. The lowest BCUT2D eigenvalue weighted by molar-refractivity contribution is -0.123. The molecule has 1 amide bonds. The van der Waals surface area contributed by atoms with Crippen molar-refractivity contribution in [2.24, 2.45) is 0 Å². The van der Waals surface area contributed by atoms with Gasteiger partial charge in [0.05, 0.1) is 18.8 Å². The van der Waals surface area contributed by atoms with E-state index in [0.29, 0.717) is 6.42 Å². The predicted octanol–water partition coefficient (Wildman–Crippen LogP) is 15.2. The molecule has 0 spiro atoms. The van der Waals surface area contributed by atoms with E-state index in [1.165, 1.54) is 212 Å². The van der Waals surface area contributed by atoms with Crippen LogP contribution in [0.15, 0.2) is 24.3 Å². The lowest BCUT2D eigenvalue weighted by Gasteiger charge is -2.19. The number of aliphatic hydroxyl groups excluding tert-OH is 2. The topological polar surface area (TPSA) is 69.6 Å². The molecule has 0 bridgehead atoms. The SMILES string of the molecule is CCCCCCCCCCCCCCC/C=C/CC/C=C/C(O)C(CO)NC(=O)CCCCCCCCCCCCCCCCCCCCCCCC. The maximum Gasteiger partial charge on any atom is 0.220 e. The molecular formula is C49H95NO3. The molecule has 4 nitrogen and oxygen atoms in total. The van der Waals surface area contributed by atoms with Crippen LogP contribution in [-0.2, 0) is 4.79 Å². The van der Waals surface area contributed by atoms with Crippen molar-refractivity contribution in [3.63, 3.8) is 0 Å². The van der Waals surface area contributed by atoms with Gasteiger partial charge in [0, 0.05) is 6.42 Å². The molecule has 0 aliphatic heterocycles. The van der Waals surface area contributed by atoms with Crippen molar-refractivity contribution < 1.29 is 15.0 Å². The number of allylic oxidation sites excluding steroid dienone is 3. The van der Waals surface area contributed by atoms with Crippen molar-refractivity contribution in [1.82, 2.24) is 5.32 Å². The fourth-order valence-electron chi connectivity index (χ4n) is 7.49. The first kappa shape index (κ1) is 51.9. The van der Waals surface area contributed by atoms with E-state index in [4.69, 9.17) is 0 Å². The molecule has 0 aromatic heterocycles. The summed E-state index contributed by atoms with van der Waals surface area (Å²) in [4.78, 5) is 12.4. The normalized spacial score (nSPS) is 13.1. The summed E-state index contributed by atoms with van der Waals surface area (Å²) in [7, 11) is 0. The van der Waals surface area contributed by atoms with E-state index < -0.39 is 12.1 Å². The number of hydrogen-bond acceptors (Lipinski definition) is 3. The minimum atomic E-state index is -0.858. The Kier molecular flexibility index (Phi) is 44.3. The number of carbonyl (C=O) groups excluding carboxylic acids is 1. The van der Waals surface area contributed by atoms with Crippen LogP contribution in [0.3, 0.4) is 0 Å². The van der Waals surface area contributed by atoms with Gasteiger partial charge in [-0.05, 0) is 32.1 Å². The Morgan fingerprint density at radius 3 is 1.09 bits per heavy atom. The molecular weight excluding hydrogens is 651 g/mol. The molecule has 0 aromatic carbocycles. The number of amides is 1. The highest BCUT2D eigenvalue weighted by molar-refractivity contribution is 5.76. The third kappa shape index (κ3) is 41.9. The second kappa shape index (κ2) is 45.3. The summed E-state index contributed by atoms with van der Waals surface area (Å²) < 4.78 is 0. The summed E-state index contributed by atoms with van der Waals surface area (Å²) in [6, 6.07) is -0.635. The third-order valence-corrected chi connectivity index (χ3v) is 11.2. The van der Waals surface area contributed by atoms with Crippen LogP contribution in [0.25, 0.3) is 0 Å². The zero-order valence-electron chi connectivity index (χ0n) is 36.1. The van der Waals surface area contributed by atoms with E-state index in [2.05, 4.69) is 31.3 Å². The van der Waals surface area contributed by atoms with Gasteiger partial charge in [-0.25, -0.2) is 0 Å². The van der Waals surface area contributed by atoms with Crippen LogP contribution < -0.4 is 5.32 Å². The molecule has 2 atom stereocenters. The number of aliphatic hydroxyl groups is 2. The molecule has 0 saturated carbocycles. The highest BCUT2D eigenvalue weighted by atomic mass is 16.3. The van der Waals surface area contributed by atoms with Crippen molar-refractivity contribution in [3.05, 3.63) is 24.3 Å². The molecule has 314 valence electrons. The van der Waals surface area contributed by atoms with E-state index in [-0.39, 0.29) is 12.5 Å². The second-order valence-electron chi connectivity index (χ2n) is 16.5. The first-order chi connectivity index (χ1) is 26.2. The Labute approximate surface area is 332 Å². The van der Waals surface area contributed by atoms with E-state index >= 15 is 0 Å². The number of rotatable bonds is 44. The van der Waals surface area contributed by atoms with Crippen molar-refractivity contribution in [1.29, 1.82) is 0 Å². The maximum absolute atomic E-state index is 12.4. The summed E-state index contributed by atoms with van der Waals surface area (Å²) in [5.74, 6) is -0.0687. The van der Waals surface area contributed by atoms with Gasteiger partial charge in [0.2, 0.25) is 5.91 Å². The van der Waals surface area contributed by atoms with Gasteiger partial charge in [-0.15, -0.1) is 0 Å². The van der Waals surface area contributed by atoms with Crippen molar-refractivity contribution in [2.75, 3.05) is 6.61 Å². The van der Waals surface area contributed by atoms with Crippen LogP contribution in [0.1, 0.15) is 264 Å². The van der Waals surface area contributed by atoms with Gasteiger partial charge in [0.15, 0.2) is 0 Å². The van der Waals surface area contributed by atoms with Crippen molar-refractivity contribution in [2.45, 2.75) is 276 Å². The Morgan fingerprint density at radius 1 is 0.434 bits per heavy atom. The minimum Gasteiger partial charge on any atom is -0.394 e. The van der Waals surface area contributed by atoms with Gasteiger partial charge >= 0.3 is 0 Å². The van der Waals surface area contributed by atoms with Gasteiger partial charge in [-0.1, -0.05) is 250 Å². The summed E-state index contributed by atoms with van der Waals surface area (Å²) in [5.41, 5.74) is 0. The standard InChI is InChI=1S/C49H95NO3/c1-3-5-7-9-11-13-15-17-19-21-23-24-25-27-29-31-33-35-37-39-41-43-45-49(53)50-47(46-51)48(52)44-42-40-38-36-34-32-30-28-26-22-20-18-16-14-12-10-8-6-4-2/h34,36,42,44,47-48,51-52H,3-33,35,37-41,43,45-46H2,1-2H3,(H,50,53)/b36-34+,44-42+. The number of unbranched alkanes of at least 4 members (excludes halogenated alkanes) is 35. The van der Waals surface area contributed by atoms with Crippen molar-refractivity contribution >= 4 is 5.91 Å². The molecule has 2 unspecified atom stereocenters. The van der Waals surface area contributed by atoms with Crippen molar-refractivity contribution in [3.8, 4) is 0 Å². The molecule has 0 saturated heterocycles. The van der Waals surface area contributed by atoms with Crippen LogP contribution in [-0.4, -0.2) is 34.9 Å². The smallest absolute Gasteiger partial charge is 0.220 e. The Bertz CT molecular complexity index is 765. The van der Waals surface area contributed by atoms with Gasteiger partial charge in [0.25, 0.3) is 0 Å². The van der Waals surface area contributed by atoms with Gasteiger partial charge in [-0.3, -0.25) is 4.79 Å². The van der Waals surface area contributed by atoms with E-state index in [9.17, 15) is 15.0 Å². The van der Waals surface area contributed by atoms with E-state index in [1.54, 1.807) is 6.08 Å². The third-order valence-electron chi connectivity index (χ3n) is 11.2. The molecule has 4 heteroatoms. The molecule has 0 heterocycles. The fraction of sp³-hybridized carbons (Fsp3) is 0.898. The molecule has 0 rings (SSSR count). The van der Waals surface area contributed by atoms with E-state index in [0.717, 1.165) is 32.1 Å². The first-order valence-electron chi connectivity index (χ1n) is 24.1. The monoisotopic (exact) mass is 746 g/mol. The molecule has 0 radical (unpaired) electrons. The average molecular weight is 746 g/mol. The summed E-state index contributed by atoms with van der Waals surface area (Å²) in [6.45, 7) is 4.32. The number of nitrogens with one attached hydrogen (secondary N) is 1. The van der Waals surface area contributed by atoms with Crippen LogP contribution in [0.5, 0.6) is 0 Å². The highest BCUT2D eigenvalue weighted by Crippen LogP contribution is 2.16. The Hall–Kier alpha value is -1.13. The predicted molar refractivity (Wildman–Crippen MR) is 235 cm³/mol. The second-order valence-corrected chi connectivity index (χ2v) is 16.5. The van der Waals surface area contributed by atoms with Crippen LogP contribution in [0, 0.1) is 0 Å². The van der Waals surface area contributed by atoms with Gasteiger partial charge in [-0.2, -0.15) is 0 Å². The molecule has 0 aromatic rings. The van der Waals surface area contributed by atoms with Gasteiger partial charge < -0.3 is 15.5 Å². The van der Waals surface area contributed by atoms with Crippen LogP contribution >= 0.6 is 0 Å². The largest absolute Gasteiger partial charge is 0.394 e. The molecule has 3 N–H and O–H groups in total. The molecule has 0 aliphatic rings. The average Bonchev–Trinajstić information content (AvgIpc) is 3.16. The quantitative estimate of drug-likeness (QED) is 0.0430. The Morgan fingerprint density at radius 2 is 0.736 bits per heavy atom. The molecule has 0 aliphatic carbocycles. The molecule has 0 fully saturated rings. The summed E-state index contributed by atoms with van der Waals surface area (Å²) in [5, 5.41) is 23.0. The number of hydrogen-bond donors (Lipinski definition) is 3. The minimum absolute atomic E-state index is 0.0687. The molecule has 53 heavy (non-hydrogen) atoms. The van der Waals surface area contributed by atoms with Crippen LogP contribution in [0.4, 0.5) is 0 Å². The highest BCUT2D eigenvalue weighted by Gasteiger charge is 2.17. The lowest BCUT2D eigenvalue weighted by Crippen LogP contribution is -2.45.